The van der Waals surface area contributed by atoms with E-state index in [-0.39, 0.29) is 18.1 Å². The molecule has 5 nitrogen and oxygen atoms in total. The number of hydrogen-bond acceptors (Lipinski definition) is 4. The highest BCUT2D eigenvalue weighted by Gasteiger charge is 2.32. The van der Waals surface area contributed by atoms with Crippen LogP contribution in [0.4, 0.5) is 0 Å². The molecular weight excluding hydrogens is 256 g/mol. The molecule has 20 heavy (non-hydrogen) atoms. The second kappa shape index (κ2) is 5.91. The molecule has 1 aliphatic carbocycles. The number of benzene rings is 1. The van der Waals surface area contributed by atoms with Crippen LogP contribution in [-0.4, -0.2) is 42.9 Å². The van der Waals surface area contributed by atoms with Crippen molar-refractivity contribution < 1.29 is 14.6 Å². The molecule has 0 radical (unpaired) electrons. The van der Waals surface area contributed by atoms with Crippen LogP contribution in [0.3, 0.4) is 0 Å². The van der Waals surface area contributed by atoms with E-state index in [0.717, 1.165) is 17.7 Å². The molecule has 0 spiro atoms. The van der Waals surface area contributed by atoms with Gasteiger partial charge in [0.1, 0.15) is 0 Å². The number of nitrogens with one attached hydrogen (secondary N) is 2. The summed E-state index contributed by atoms with van der Waals surface area (Å²) in [5.41, 5.74) is 2.14. The summed E-state index contributed by atoms with van der Waals surface area (Å²) >= 11 is 0. The first kappa shape index (κ1) is 13.5. The van der Waals surface area contributed by atoms with Crippen molar-refractivity contribution in [3.05, 3.63) is 35.4 Å². The van der Waals surface area contributed by atoms with Crippen molar-refractivity contribution in [3.8, 4) is 0 Å². The lowest BCUT2D eigenvalue weighted by Crippen LogP contribution is -2.42. The maximum Gasteiger partial charge on any atom is 0.223 e. The smallest absolute Gasteiger partial charge is 0.223 e. The minimum atomic E-state index is -0.540. The van der Waals surface area contributed by atoms with E-state index in [9.17, 15) is 9.90 Å². The Morgan fingerprint density at radius 2 is 2.30 bits per heavy atom. The van der Waals surface area contributed by atoms with Crippen molar-refractivity contribution in [2.24, 2.45) is 0 Å². The molecule has 3 N–H and O–H groups in total. The first-order chi connectivity index (χ1) is 9.74. The molecule has 0 aromatic heterocycles. The molecule has 1 fully saturated rings. The average Bonchev–Trinajstić information content (AvgIpc) is 2.76. The predicted octanol–water partition coefficient (Wildman–Crippen LogP) is 0.139. The third-order valence-electron chi connectivity index (χ3n) is 3.94. The van der Waals surface area contributed by atoms with E-state index in [1.54, 1.807) is 0 Å². The maximum atomic E-state index is 12.1. The van der Waals surface area contributed by atoms with Crippen LogP contribution in [-0.2, 0) is 16.0 Å². The molecule has 1 aromatic rings. The van der Waals surface area contributed by atoms with Crippen LogP contribution < -0.4 is 10.6 Å². The van der Waals surface area contributed by atoms with Crippen molar-refractivity contribution in [3.63, 3.8) is 0 Å². The number of aliphatic hydroxyl groups excluding tert-OH is 1. The monoisotopic (exact) mass is 276 g/mol. The zero-order chi connectivity index (χ0) is 13.9. The lowest BCUT2D eigenvalue weighted by molar-refractivity contribution is -0.126. The summed E-state index contributed by atoms with van der Waals surface area (Å²) in [7, 11) is 0. The van der Waals surface area contributed by atoms with Crippen LogP contribution in [0.25, 0.3) is 0 Å². The highest BCUT2D eigenvalue weighted by molar-refractivity contribution is 5.77. The van der Waals surface area contributed by atoms with E-state index >= 15 is 0 Å². The first-order valence-electron chi connectivity index (χ1n) is 7.11. The lowest BCUT2D eigenvalue weighted by Gasteiger charge is -2.24. The predicted molar refractivity (Wildman–Crippen MR) is 74.3 cm³/mol. The summed E-state index contributed by atoms with van der Waals surface area (Å²) in [5, 5.41) is 16.2. The van der Waals surface area contributed by atoms with Crippen molar-refractivity contribution in [1.29, 1.82) is 0 Å². The van der Waals surface area contributed by atoms with Crippen LogP contribution >= 0.6 is 0 Å². The number of aliphatic hydroxyl groups is 1. The summed E-state index contributed by atoms with van der Waals surface area (Å²) in [6, 6.07) is 7.56. The second-order valence-electron chi connectivity index (χ2n) is 5.42. The van der Waals surface area contributed by atoms with Gasteiger partial charge in [-0.1, -0.05) is 24.3 Å². The van der Waals surface area contributed by atoms with Gasteiger partial charge < -0.3 is 20.5 Å². The van der Waals surface area contributed by atoms with Crippen molar-refractivity contribution >= 4 is 5.91 Å². The van der Waals surface area contributed by atoms with Gasteiger partial charge in [-0.15, -0.1) is 0 Å². The summed E-state index contributed by atoms with van der Waals surface area (Å²) in [6.07, 6.45) is 0.320. The number of amides is 1. The fraction of sp³-hybridized carbons (Fsp3) is 0.533. The topological polar surface area (TPSA) is 70.6 Å². The van der Waals surface area contributed by atoms with Gasteiger partial charge in [0.25, 0.3) is 0 Å². The van der Waals surface area contributed by atoms with Crippen molar-refractivity contribution in [2.45, 2.75) is 31.1 Å². The molecule has 108 valence electrons. The largest absolute Gasteiger partial charge is 0.390 e. The number of rotatable bonds is 3. The molecule has 1 aromatic carbocycles. The van der Waals surface area contributed by atoms with E-state index < -0.39 is 6.10 Å². The molecule has 0 bridgehead atoms. The Hall–Kier alpha value is -1.43. The SMILES string of the molecule is O=C(CC1CNCCO1)N[C@H]1c2ccccc2C[C@H]1O. The summed E-state index contributed by atoms with van der Waals surface area (Å²) < 4.78 is 5.52. The number of fused-ring (bicyclic) bond motifs is 1. The van der Waals surface area contributed by atoms with Crippen LogP contribution in [0.2, 0.25) is 0 Å². The van der Waals surface area contributed by atoms with E-state index in [2.05, 4.69) is 10.6 Å². The third kappa shape index (κ3) is 2.85. The highest BCUT2D eigenvalue weighted by Crippen LogP contribution is 2.31. The molecule has 3 rings (SSSR count). The highest BCUT2D eigenvalue weighted by atomic mass is 16.5. The van der Waals surface area contributed by atoms with Gasteiger partial charge in [-0.25, -0.2) is 0 Å². The lowest BCUT2D eigenvalue weighted by atomic mass is 10.1. The molecule has 5 heteroatoms. The first-order valence-corrected chi connectivity index (χ1v) is 7.11. The van der Waals surface area contributed by atoms with Crippen LogP contribution in [0.5, 0.6) is 0 Å². The van der Waals surface area contributed by atoms with Gasteiger partial charge in [-0.3, -0.25) is 4.79 Å². The van der Waals surface area contributed by atoms with E-state index in [1.807, 2.05) is 24.3 Å². The van der Waals surface area contributed by atoms with E-state index in [4.69, 9.17) is 4.74 Å². The van der Waals surface area contributed by atoms with Gasteiger partial charge >= 0.3 is 0 Å². The van der Waals surface area contributed by atoms with Crippen LogP contribution in [0, 0.1) is 0 Å². The standard InChI is InChI=1S/C15H20N2O3/c18-13-7-10-3-1-2-4-12(10)15(13)17-14(19)8-11-9-16-5-6-20-11/h1-4,11,13,15-16,18H,5-9H2,(H,17,19)/t11?,13-,15+/m1/s1. The summed E-state index contributed by atoms with van der Waals surface area (Å²) in [6.45, 7) is 2.19. The number of morpholine rings is 1. The molecule has 2 aliphatic rings. The number of carbonyl (C=O) groups excluding carboxylic acids is 1. The number of carbonyl (C=O) groups is 1. The quantitative estimate of drug-likeness (QED) is 0.734. The minimum absolute atomic E-state index is 0.0700. The summed E-state index contributed by atoms with van der Waals surface area (Å²) in [5.74, 6) is -0.0700. The molecule has 1 saturated heterocycles. The summed E-state index contributed by atoms with van der Waals surface area (Å²) in [4.78, 5) is 12.1. The molecule has 1 amide bonds. The maximum absolute atomic E-state index is 12.1. The average molecular weight is 276 g/mol. The molecule has 0 saturated carbocycles. The molecule has 3 atom stereocenters. The molecular formula is C15H20N2O3. The Labute approximate surface area is 118 Å². The van der Waals surface area contributed by atoms with Crippen LogP contribution in [0.1, 0.15) is 23.6 Å². The van der Waals surface area contributed by atoms with Gasteiger partial charge in [-0.2, -0.15) is 0 Å². The zero-order valence-corrected chi connectivity index (χ0v) is 11.3. The fourth-order valence-electron chi connectivity index (χ4n) is 2.94. The number of ether oxygens (including phenoxy) is 1. The second-order valence-corrected chi connectivity index (χ2v) is 5.42. The van der Waals surface area contributed by atoms with Gasteiger partial charge in [0, 0.05) is 19.5 Å². The Kier molecular flexibility index (Phi) is 4.00. The van der Waals surface area contributed by atoms with Crippen molar-refractivity contribution in [1.82, 2.24) is 10.6 Å². The minimum Gasteiger partial charge on any atom is -0.390 e. The Morgan fingerprint density at radius 1 is 1.45 bits per heavy atom. The Bertz CT molecular complexity index is 486. The molecule has 1 heterocycles. The van der Waals surface area contributed by atoms with Gasteiger partial charge in [0.15, 0.2) is 0 Å². The Morgan fingerprint density at radius 3 is 3.10 bits per heavy atom. The van der Waals surface area contributed by atoms with E-state index in [1.165, 1.54) is 0 Å². The molecule has 1 unspecified atom stereocenters. The fourth-order valence-corrected chi connectivity index (χ4v) is 2.94. The van der Waals surface area contributed by atoms with Crippen molar-refractivity contribution in [2.75, 3.05) is 19.7 Å². The van der Waals surface area contributed by atoms with Gasteiger partial charge in [-0.05, 0) is 11.1 Å². The van der Waals surface area contributed by atoms with Gasteiger partial charge in [0.05, 0.1) is 31.3 Å². The van der Waals surface area contributed by atoms with E-state index in [0.29, 0.717) is 26.0 Å². The zero-order valence-electron chi connectivity index (χ0n) is 11.3. The third-order valence-corrected chi connectivity index (χ3v) is 3.94. The number of hydrogen-bond donors (Lipinski definition) is 3. The Balaban J connectivity index is 1.61. The normalized spacial score (nSPS) is 28.9. The molecule has 1 aliphatic heterocycles. The van der Waals surface area contributed by atoms with Gasteiger partial charge in [0.2, 0.25) is 5.91 Å². The van der Waals surface area contributed by atoms with Crippen LogP contribution in [0.15, 0.2) is 24.3 Å².